The van der Waals surface area contributed by atoms with Crippen LogP contribution in [0.25, 0.3) is 32.9 Å². The minimum atomic E-state index is -0.442. The molecule has 1 amide bonds. The van der Waals surface area contributed by atoms with Gasteiger partial charge < -0.3 is 30.0 Å². The number of primary amides is 1. The van der Waals surface area contributed by atoms with E-state index in [0.717, 1.165) is 64.6 Å². The number of aromatic amines is 1. The number of hydrogen-bond donors (Lipinski definition) is 2. The molecule has 182 valence electrons. The topological polar surface area (TPSA) is 91.7 Å². The third kappa shape index (κ3) is 4.72. The second kappa shape index (κ2) is 10.2. The zero-order valence-corrected chi connectivity index (χ0v) is 20.5. The van der Waals surface area contributed by atoms with E-state index in [2.05, 4.69) is 53.1 Å². The van der Waals surface area contributed by atoms with Crippen LogP contribution in [0.5, 0.6) is 5.75 Å². The van der Waals surface area contributed by atoms with Gasteiger partial charge in [0.2, 0.25) is 0 Å². The number of carbonyl (C=O) groups excluding carboxylic acids is 2. The molecule has 1 saturated heterocycles. The van der Waals surface area contributed by atoms with E-state index in [1.807, 2.05) is 37.1 Å². The van der Waals surface area contributed by atoms with Gasteiger partial charge in [-0.25, -0.2) is 0 Å². The molecule has 0 radical (unpaired) electrons. The predicted octanol–water partition coefficient (Wildman–Crippen LogP) is 4.44. The molecule has 0 unspecified atom stereocenters. The highest BCUT2D eigenvalue weighted by Crippen LogP contribution is 2.35. The summed E-state index contributed by atoms with van der Waals surface area (Å²) in [7, 11) is 5.97. The van der Waals surface area contributed by atoms with Gasteiger partial charge in [-0.15, -0.1) is 0 Å². The van der Waals surface area contributed by atoms with Crippen LogP contribution < -0.4 is 15.4 Å². The molecule has 0 bridgehead atoms. The zero-order chi connectivity index (χ0) is 25.1. The number of benzene rings is 3. The Kier molecular flexibility index (Phi) is 7.07. The van der Waals surface area contributed by atoms with Crippen molar-refractivity contribution in [3.8, 4) is 16.9 Å². The number of H-pyrrole nitrogens is 1. The first-order valence-electron chi connectivity index (χ1n) is 11.7. The van der Waals surface area contributed by atoms with Crippen LogP contribution in [0.2, 0.25) is 0 Å². The Balaban J connectivity index is 0.00000141. The summed E-state index contributed by atoms with van der Waals surface area (Å²) in [5, 5.41) is 2.08. The Bertz CT molecular complexity index is 1350. The van der Waals surface area contributed by atoms with Crippen LogP contribution in [0.15, 0.2) is 54.6 Å². The number of nitrogens with one attached hydrogen (secondary N) is 1. The first kappa shape index (κ1) is 24.3. The van der Waals surface area contributed by atoms with Crippen LogP contribution in [0.3, 0.4) is 0 Å². The highest BCUT2D eigenvalue weighted by Gasteiger charge is 2.22. The van der Waals surface area contributed by atoms with Crippen molar-refractivity contribution in [1.82, 2.24) is 9.88 Å². The summed E-state index contributed by atoms with van der Waals surface area (Å²) in [4.78, 5) is 28.6. The molecule has 1 aliphatic rings. The molecule has 3 aromatic carbocycles. The van der Waals surface area contributed by atoms with E-state index in [9.17, 15) is 4.79 Å². The van der Waals surface area contributed by atoms with Gasteiger partial charge >= 0.3 is 0 Å². The third-order valence-corrected chi connectivity index (χ3v) is 6.92. The van der Waals surface area contributed by atoms with Gasteiger partial charge in [0.05, 0.1) is 18.2 Å². The summed E-state index contributed by atoms with van der Waals surface area (Å²) in [6.45, 7) is 4.09. The number of carbonyl (C=O) groups is 2. The number of piperidine rings is 1. The second-order valence-electron chi connectivity index (χ2n) is 9.08. The summed E-state index contributed by atoms with van der Waals surface area (Å²) in [5.41, 5.74) is 11.2. The largest absolute Gasteiger partial charge is 0.497 e. The van der Waals surface area contributed by atoms with Crippen molar-refractivity contribution in [3.63, 3.8) is 0 Å². The molecular formula is C28H32N4O3. The Hall–Kier alpha value is -3.84. The first-order chi connectivity index (χ1) is 16.9. The molecule has 5 rings (SSSR count). The highest BCUT2D eigenvalue weighted by molar-refractivity contribution is 6.16. The highest BCUT2D eigenvalue weighted by atomic mass is 16.5. The molecule has 0 aliphatic carbocycles. The average Bonchev–Trinajstić information content (AvgIpc) is 3.27. The van der Waals surface area contributed by atoms with Crippen LogP contribution in [-0.2, 0) is 4.79 Å². The van der Waals surface area contributed by atoms with Crippen molar-refractivity contribution < 1.29 is 14.3 Å². The van der Waals surface area contributed by atoms with E-state index in [0.29, 0.717) is 11.6 Å². The first-order valence-corrected chi connectivity index (χ1v) is 11.7. The molecule has 0 atom stereocenters. The lowest BCUT2D eigenvalue weighted by Crippen LogP contribution is -2.41. The van der Waals surface area contributed by atoms with Crippen LogP contribution in [0.1, 0.15) is 23.2 Å². The molecule has 0 saturated carbocycles. The minimum absolute atomic E-state index is 0.442. The summed E-state index contributed by atoms with van der Waals surface area (Å²) < 4.78 is 5.38. The number of methoxy groups -OCH3 is 1. The molecule has 3 N–H and O–H groups in total. The fraction of sp³-hybridized carbons (Fsp3) is 0.286. The zero-order valence-electron chi connectivity index (χ0n) is 20.5. The normalized spacial score (nSPS) is 14.2. The number of rotatable bonds is 5. The van der Waals surface area contributed by atoms with E-state index >= 15 is 0 Å². The fourth-order valence-electron chi connectivity index (χ4n) is 5.00. The van der Waals surface area contributed by atoms with Crippen molar-refractivity contribution >= 4 is 40.2 Å². The Labute approximate surface area is 205 Å². The maximum atomic E-state index is 12.4. The standard InChI is InChI=1S/C27H30N4O2.CH2O/c1-30(2)19-9-11-31(12-10-19)20-7-8-22-23-14-18(17-5-4-6-21(13-17)33-3)15-24(27(28)32)26(23)29-25(22)16-20;1-2/h4-8,13-16,19,29H,9-12H2,1-3H3,(H2,28,32);1H2. The Morgan fingerprint density at radius 2 is 1.77 bits per heavy atom. The maximum Gasteiger partial charge on any atom is 0.250 e. The number of anilines is 1. The molecule has 4 aromatic rings. The van der Waals surface area contributed by atoms with E-state index in [1.165, 1.54) is 5.69 Å². The van der Waals surface area contributed by atoms with Crippen LogP contribution in [-0.4, -0.2) is 62.9 Å². The molecule has 1 aromatic heterocycles. The van der Waals surface area contributed by atoms with Gasteiger partial charge in [0, 0.05) is 41.1 Å². The van der Waals surface area contributed by atoms with Gasteiger partial charge in [-0.2, -0.15) is 0 Å². The summed E-state index contributed by atoms with van der Waals surface area (Å²) >= 11 is 0. The third-order valence-electron chi connectivity index (χ3n) is 6.92. The lowest BCUT2D eigenvalue weighted by Gasteiger charge is -2.36. The van der Waals surface area contributed by atoms with E-state index < -0.39 is 5.91 Å². The van der Waals surface area contributed by atoms with Gasteiger partial charge in [0.25, 0.3) is 5.91 Å². The molecule has 2 heterocycles. The quantitative estimate of drug-likeness (QED) is 0.448. The monoisotopic (exact) mass is 472 g/mol. The molecular weight excluding hydrogens is 440 g/mol. The Morgan fingerprint density at radius 1 is 1.03 bits per heavy atom. The van der Waals surface area contributed by atoms with Crippen LogP contribution in [0.4, 0.5) is 5.69 Å². The van der Waals surface area contributed by atoms with E-state index in [1.54, 1.807) is 7.11 Å². The summed E-state index contributed by atoms with van der Waals surface area (Å²) in [5.74, 6) is 0.331. The van der Waals surface area contributed by atoms with Gasteiger partial charge in [-0.05, 0) is 74.5 Å². The summed E-state index contributed by atoms with van der Waals surface area (Å²) in [6.07, 6.45) is 2.32. The van der Waals surface area contributed by atoms with Crippen molar-refractivity contribution in [3.05, 3.63) is 60.2 Å². The number of ether oxygens (including phenoxy) is 1. The molecule has 1 aliphatic heterocycles. The number of nitrogens with zero attached hydrogens (tertiary/aromatic N) is 2. The molecule has 0 spiro atoms. The van der Waals surface area contributed by atoms with Crippen molar-refractivity contribution in [2.75, 3.05) is 39.2 Å². The van der Waals surface area contributed by atoms with E-state index in [-0.39, 0.29) is 0 Å². The number of amides is 1. The smallest absolute Gasteiger partial charge is 0.250 e. The minimum Gasteiger partial charge on any atom is -0.497 e. The Morgan fingerprint density at radius 3 is 2.43 bits per heavy atom. The van der Waals surface area contributed by atoms with Gasteiger partial charge in [-0.3, -0.25) is 4.79 Å². The maximum absolute atomic E-state index is 12.4. The van der Waals surface area contributed by atoms with Crippen LogP contribution >= 0.6 is 0 Å². The van der Waals surface area contributed by atoms with Crippen molar-refractivity contribution in [1.29, 1.82) is 0 Å². The van der Waals surface area contributed by atoms with Gasteiger partial charge in [0.15, 0.2) is 0 Å². The molecule has 7 heteroatoms. The molecule has 1 fully saturated rings. The lowest BCUT2D eigenvalue weighted by molar-refractivity contribution is -0.0980. The fourth-order valence-corrected chi connectivity index (χ4v) is 5.00. The SMILES string of the molecule is C=O.COc1cccc(-c2cc(C(N)=O)c3[nH]c4cc(N5CCC(N(C)C)CC5)ccc4c3c2)c1. The molecule has 35 heavy (non-hydrogen) atoms. The number of nitrogens with two attached hydrogens (primary N) is 1. The number of hydrogen-bond acceptors (Lipinski definition) is 5. The number of fused-ring (bicyclic) bond motifs is 3. The van der Waals surface area contributed by atoms with Crippen LogP contribution in [0, 0.1) is 0 Å². The van der Waals surface area contributed by atoms with Gasteiger partial charge in [-0.1, -0.05) is 18.2 Å². The average molecular weight is 473 g/mol. The molecule has 7 nitrogen and oxygen atoms in total. The van der Waals surface area contributed by atoms with Gasteiger partial charge in [0.1, 0.15) is 12.5 Å². The van der Waals surface area contributed by atoms with Crippen molar-refractivity contribution in [2.24, 2.45) is 5.73 Å². The second-order valence-corrected chi connectivity index (χ2v) is 9.08. The van der Waals surface area contributed by atoms with E-state index in [4.69, 9.17) is 15.3 Å². The predicted molar refractivity (Wildman–Crippen MR) is 142 cm³/mol. The lowest BCUT2D eigenvalue weighted by atomic mass is 9.98. The van der Waals surface area contributed by atoms with Crippen molar-refractivity contribution in [2.45, 2.75) is 18.9 Å². The summed E-state index contributed by atoms with van der Waals surface area (Å²) in [6, 6.07) is 19.0. The number of aromatic nitrogens is 1.